The highest BCUT2D eigenvalue weighted by molar-refractivity contribution is 6.02. The molecule has 0 saturated carbocycles. The maximum absolute atomic E-state index is 13.6. The quantitative estimate of drug-likeness (QED) is 0.737. The molecule has 0 atom stereocenters. The molecular weight excluding hydrogens is 375 g/mol. The van der Waals surface area contributed by atoms with E-state index in [-0.39, 0.29) is 42.2 Å². The number of aryl methyl sites for hydroxylation is 1. The van der Waals surface area contributed by atoms with Crippen molar-refractivity contribution in [2.75, 3.05) is 26.3 Å². The van der Waals surface area contributed by atoms with Crippen LogP contribution in [0.2, 0.25) is 0 Å². The maximum atomic E-state index is 13.6. The van der Waals surface area contributed by atoms with E-state index in [4.69, 9.17) is 0 Å². The van der Waals surface area contributed by atoms with Crippen molar-refractivity contribution in [3.05, 3.63) is 35.1 Å². The Hall–Kier alpha value is -2.48. The number of nitrogens with one attached hydrogen (secondary N) is 1. The van der Waals surface area contributed by atoms with Crippen molar-refractivity contribution in [1.82, 2.24) is 20.0 Å². The van der Waals surface area contributed by atoms with Crippen molar-refractivity contribution in [3.8, 4) is 0 Å². The lowest BCUT2D eigenvalue weighted by Gasteiger charge is -2.33. The molecular formula is C21H29FN4O3. The summed E-state index contributed by atoms with van der Waals surface area (Å²) < 4.78 is 13.6. The Labute approximate surface area is 170 Å². The molecule has 2 saturated heterocycles. The van der Waals surface area contributed by atoms with Gasteiger partial charge in [0.05, 0.1) is 6.67 Å². The van der Waals surface area contributed by atoms with Crippen molar-refractivity contribution in [1.29, 1.82) is 0 Å². The number of halogens is 1. The number of likely N-dealkylation sites (tertiary alicyclic amines) is 1. The summed E-state index contributed by atoms with van der Waals surface area (Å²) >= 11 is 0. The highest BCUT2D eigenvalue weighted by Crippen LogP contribution is 2.20. The molecule has 0 unspecified atom stereocenters. The molecule has 1 aromatic carbocycles. The van der Waals surface area contributed by atoms with Crippen LogP contribution in [0.5, 0.6) is 0 Å². The van der Waals surface area contributed by atoms with E-state index in [9.17, 15) is 18.8 Å². The van der Waals surface area contributed by atoms with Crippen molar-refractivity contribution < 1.29 is 18.8 Å². The highest BCUT2D eigenvalue weighted by Gasteiger charge is 2.38. The Kier molecular flexibility index (Phi) is 6.52. The van der Waals surface area contributed by atoms with E-state index in [1.165, 1.54) is 11.0 Å². The third-order valence-electron chi connectivity index (χ3n) is 5.62. The Bertz CT molecular complexity index is 790. The number of benzene rings is 1. The van der Waals surface area contributed by atoms with Gasteiger partial charge in [0.25, 0.3) is 5.91 Å². The predicted molar refractivity (Wildman–Crippen MR) is 106 cm³/mol. The normalized spacial score (nSPS) is 18.8. The van der Waals surface area contributed by atoms with Crippen molar-refractivity contribution in [2.24, 2.45) is 5.92 Å². The standard InChI is InChI=1S/C21H29FN4O3/c1-14(2)26-19(27)12-25(21(26)29)13-24-8-6-17(7-9-24)20(28)23-11-16-5-4-15(3)18(22)10-16/h4-5,10,14,17H,6-9,11-13H2,1-3H3,(H,23,28). The van der Waals surface area contributed by atoms with Crippen LogP contribution in [-0.2, 0) is 16.1 Å². The number of carbonyl (C=O) groups is 3. The zero-order chi connectivity index (χ0) is 21.1. The van der Waals surface area contributed by atoms with Gasteiger partial charge in [-0.05, 0) is 50.8 Å². The minimum atomic E-state index is -0.268. The van der Waals surface area contributed by atoms with Crippen molar-refractivity contribution >= 4 is 17.8 Å². The van der Waals surface area contributed by atoms with Gasteiger partial charge < -0.3 is 10.2 Å². The first-order valence-corrected chi connectivity index (χ1v) is 10.1. The SMILES string of the molecule is Cc1ccc(CNC(=O)C2CCN(CN3CC(=O)N(C(C)C)C3=O)CC2)cc1F. The Morgan fingerprint density at radius 1 is 1.24 bits per heavy atom. The topological polar surface area (TPSA) is 73.0 Å². The first-order valence-electron chi connectivity index (χ1n) is 10.1. The summed E-state index contributed by atoms with van der Waals surface area (Å²) in [5.41, 5.74) is 1.33. The second-order valence-corrected chi connectivity index (χ2v) is 8.17. The molecule has 8 heteroatoms. The Morgan fingerprint density at radius 3 is 2.52 bits per heavy atom. The molecule has 4 amide bonds. The van der Waals surface area contributed by atoms with E-state index >= 15 is 0 Å². The number of urea groups is 1. The van der Waals surface area contributed by atoms with Crippen LogP contribution in [0.3, 0.4) is 0 Å². The Morgan fingerprint density at radius 2 is 1.93 bits per heavy atom. The highest BCUT2D eigenvalue weighted by atomic mass is 19.1. The largest absolute Gasteiger partial charge is 0.352 e. The number of piperidine rings is 1. The molecule has 2 heterocycles. The molecule has 0 bridgehead atoms. The maximum Gasteiger partial charge on any atom is 0.328 e. The van der Waals surface area contributed by atoms with Crippen LogP contribution in [0, 0.1) is 18.7 Å². The van der Waals surface area contributed by atoms with Crippen LogP contribution in [0.4, 0.5) is 9.18 Å². The van der Waals surface area contributed by atoms with E-state index in [1.54, 1.807) is 17.9 Å². The predicted octanol–water partition coefficient (Wildman–Crippen LogP) is 2.09. The van der Waals surface area contributed by atoms with Crippen molar-refractivity contribution in [2.45, 2.75) is 46.2 Å². The fourth-order valence-electron chi connectivity index (χ4n) is 3.84. The zero-order valence-electron chi connectivity index (χ0n) is 17.3. The molecule has 1 N–H and O–H groups in total. The Balaban J connectivity index is 1.44. The number of carbonyl (C=O) groups excluding carboxylic acids is 3. The van der Waals surface area contributed by atoms with E-state index in [0.717, 1.165) is 5.56 Å². The lowest BCUT2D eigenvalue weighted by molar-refractivity contribution is -0.127. The van der Waals surface area contributed by atoms with Crippen LogP contribution in [0.25, 0.3) is 0 Å². The summed E-state index contributed by atoms with van der Waals surface area (Å²) in [5.74, 6) is -0.545. The van der Waals surface area contributed by atoms with Gasteiger partial charge in [0.15, 0.2) is 0 Å². The molecule has 158 valence electrons. The average Bonchev–Trinajstić information content (AvgIpc) is 2.96. The zero-order valence-corrected chi connectivity index (χ0v) is 17.3. The number of amides is 4. The van der Waals surface area contributed by atoms with Crippen LogP contribution in [0.15, 0.2) is 18.2 Å². The molecule has 29 heavy (non-hydrogen) atoms. The summed E-state index contributed by atoms with van der Waals surface area (Å²) in [6.07, 6.45) is 1.38. The van der Waals surface area contributed by atoms with Gasteiger partial charge in [0.2, 0.25) is 5.91 Å². The number of nitrogens with zero attached hydrogens (tertiary/aromatic N) is 3. The first kappa shape index (κ1) is 21.2. The van der Waals surface area contributed by atoms with Gasteiger partial charge >= 0.3 is 6.03 Å². The van der Waals surface area contributed by atoms with Crippen LogP contribution < -0.4 is 5.32 Å². The minimum Gasteiger partial charge on any atom is -0.352 e. The van der Waals surface area contributed by atoms with E-state index in [0.29, 0.717) is 44.7 Å². The molecule has 0 radical (unpaired) electrons. The smallest absolute Gasteiger partial charge is 0.328 e. The fourth-order valence-corrected chi connectivity index (χ4v) is 3.84. The lowest BCUT2D eigenvalue weighted by atomic mass is 9.96. The number of hydrogen-bond acceptors (Lipinski definition) is 4. The summed E-state index contributed by atoms with van der Waals surface area (Å²) in [6.45, 7) is 7.58. The molecule has 0 spiro atoms. The second-order valence-electron chi connectivity index (χ2n) is 8.17. The fraction of sp³-hybridized carbons (Fsp3) is 0.571. The molecule has 2 fully saturated rings. The molecule has 0 aliphatic carbocycles. The molecule has 2 aliphatic heterocycles. The molecule has 7 nitrogen and oxygen atoms in total. The third kappa shape index (κ3) is 4.93. The average molecular weight is 404 g/mol. The summed E-state index contributed by atoms with van der Waals surface area (Å²) in [6, 6.07) is 4.59. The summed E-state index contributed by atoms with van der Waals surface area (Å²) in [5, 5.41) is 2.89. The number of imide groups is 1. The monoisotopic (exact) mass is 404 g/mol. The van der Waals surface area contributed by atoms with Gasteiger partial charge in [-0.2, -0.15) is 0 Å². The minimum absolute atomic E-state index is 0.0240. The van der Waals surface area contributed by atoms with E-state index in [2.05, 4.69) is 10.2 Å². The third-order valence-corrected chi connectivity index (χ3v) is 5.62. The van der Waals surface area contributed by atoms with Gasteiger partial charge in [-0.1, -0.05) is 12.1 Å². The molecule has 2 aliphatic rings. The number of hydrogen-bond donors (Lipinski definition) is 1. The van der Waals surface area contributed by atoms with Crippen LogP contribution in [0.1, 0.15) is 37.8 Å². The molecule has 1 aromatic rings. The lowest BCUT2D eigenvalue weighted by Crippen LogP contribution is -2.46. The van der Waals surface area contributed by atoms with Crippen molar-refractivity contribution in [3.63, 3.8) is 0 Å². The van der Waals surface area contributed by atoms with Gasteiger partial charge in [-0.3, -0.25) is 19.4 Å². The summed E-state index contributed by atoms with van der Waals surface area (Å²) in [4.78, 5) is 41.8. The van der Waals surface area contributed by atoms with Crippen LogP contribution >= 0.6 is 0 Å². The molecule has 3 rings (SSSR count). The van der Waals surface area contributed by atoms with Crippen LogP contribution in [-0.4, -0.2) is 64.9 Å². The van der Waals surface area contributed by atoms with E-state index in [1.807, 2.05) is 19.9 Å². The molecule has 0 aromatic heterocycles. The van der Waals surface area contributed by atoms with Gasteiger partial charge in [-0.25, -0.2) is 9.18 Å². The van der Waals surface area contributed by atoms with Gasteiger partial charge in [0, 0.05) is 31.6 Å². The second kappa shape index (κ2) is 8.90. The van der Waals surface area contributed by atoms with Gasteiger partial charge in [0.1, 0.15) is 12.4 Å². The van der Waals surface area contributed by atoms with E-state index < -0.39 is 0 Å². The first-order chi connectivity index (χ1) is 13.8. The number of rotatable bonds is 6. The van der Waals surface area contributed by atoms with Gasteiger partial charge in [-0.15, -0.1) is 0 Å². The summed E-state index contributed by atoms with van der Waals surface area (Å²) in [7, 11) is 0.